The van der Waals surface area contributed by atoms with Crippen molar-refractivity contribution in [1.29, 1.82) is 0 Å². The molecule has 0 radical (unpaired) electrons. The standard InChI is InChI=1S/C31H38N6O4/c1-3-19(2)28(37-18-26(34-35-37)23-13-14-23)31(41)36-17-24(38)16-27(36)30(40)33-25(29(32)39)15-20-9-11-22(12-10-20)21-7-5-4-6-8-21/h4-12,18-19,23-25,27-28,38H,3,13-17H2,1-2H3,(H2,32,39)(H,33,40)/t19?,24-,25?,27+,28?/m1/s1. The molecule has 41 heavy (non-hydrogen) atoms. The second-order valence-electron chi connectivity index (χ2n) is 11.4. The molecule has 1 saturated carbocycles. The molecule has 216 valence electrons. The third kappa shape index (κ3) is 6.48. The van der Waals surface area contributed by atoms with Crippen molar-refractivity contribution in [2.24, 2.45) is 11.7 Å². The zero-order valence-corrected chi connectivity index (χ0v) is 23.5. The van der Waals surface area contributed by atoms with Gasteiger partial charge in [0.1, 0.15) is 18.1 Å². The molecule has 3 amide bonds. The fourth-order valence-corrected chi connectivity index (χ4v) is 5.50. The van der Waals surface area contributed by atoms with Crippen LogP contribution in [0, 0.1) is 5.92 Å². The van der Waals surface area contributed by atoms with Crippen molar-refractivity contribution in [2.75, 3.05) is 6.54 Å². The molecule has 10 heteroatoms. The number of aromatic nitrogens is 3. The van der Waals surface area contributed by atoms with Crippen molar-refractivity contribution in [3.05, 3.63) is 72.1 Å². The first-order valence-electron chi connectivity index (χ1n) is 14.4. The van der Waals surface area contributed by atoms with Crippen LogP contribution in [-0.2, 0) is 20.8 Å². The van der Waals surface area contributed by atoms with E-state index in [9.17, 15) is 19.5 Å². The van der Waals surface area contributed by atoms with Gasteiger partial charge in [-0.15, -0.1) is 5.10 Å². The summed E-state index contributed by atoms with van der Waals surface area (Å²) in [6.07, 6.45) is 4.11. The van der Waals surface area contributed by atoms with Gasteiger partial charge in [0, 0.05) is 31.5 Å². The van der Waals surface area contributed by atoms with Crippen LogP contribution >= 0.6 is 0 Å². The summed E-state index contributed by atoms with van der Waals surface area (Å²) in [7, 11) is 0. The number of rotatable bonds is 11. The average Bonchev–Trinajstić information content (AvgIpc) is 3.58. The van der Waals surface area contributed by atoms with Crippen LogP contribution in [0.15, 0.2) is 60.8 Å². The summed E-state index contributed by atoms with van der Waals surface area (Å²) in [5, 5.41) is 21.8. The maximum absolute atomic E-state index is 13.9. The first-order chi connectivity index (χ1) is 19.7. The smallest absolute Gasteiger partial charge is 0.248 e. The van der Waals surface area contributed by atoms with Crippen molar-refractivity contribution in [3.8, 4) is 11.1 Å². The van der Waals surface area contributed by atoms with E-state index in [1.807, 2.05) is 74.6 Å². The summed E-state index contributed by atoms with van der Waals surface area (Å²) < 4.78 is 1.61. The second-order valence-corrected chi connectivity index (χ2v) is 11.4. The van der Waals surface area contributed by atoms with E-state index < -0.39 is 36.0 Å². The van der Waals surface area contributed by atoms with E-state index in [1.54, 1.807) is 4.68 Å². The average molecular weight is 559 g/mol. The molecular weight excluding hydrogens is 520 g/mol. The summed E-state index contributed by atoms with van der Waals surface area (Å²) in [4.78, 5) is 41.2. The summed E-state index contributed by atoms with van der Waals surface area (Å²) in [6, 6.07) is 15.1. The lowest BCUT2D eigenvalue weighted by Crippen LogP contribution is -2.54. The maximum Gasteiger partial charge on any atom is 0.248 e. The lowest BCUT2D eigenvalue weighted by atomic mass is 9.97. The van der Waals surface area contributed by atoms with Gasteiger partial charge in [0.15, 0.2) is 0 Å². The van der Waals surface area contributed by atoms with Crippen molar-refractivity contribution in [2.45, 2.75) is 76.1 Å². The Morgan fingerprint density at radius 2 is 1.76 bits per heavy atom. The van der Waals surface area contributed by atoms with Gasteiger partial charge in [-0.2, -0.15) is 0 Å². The van der Waals surface area contributed by atoms with Gasteiger partial charge >= 0.3 is 0 Å². The highest BCUT2D eigenvalue weighted by atomic mass is 16.3. The van der Waals surface area contributed by atoms with Crippen LogP contribution in [0.25, 0.3) is 11.1 Å². The van der Waals surface area contributed by atoms with Crippen molar-refractivity contribution < 1.29 is 19.5 Å². The quantitative estimate of drug-likeness (QED) is 0.330. The Kier molecular flexibility index (Phi) is 8.49. The van der Waals surface area contributed by atoms with Gasteiger partial charge in [-0.3, -0.25) is 14.4 Å². The zero-order chi connectivity index (χ0) is 29.1. The van der Waals surface area contributed by atoms with E-state index in [-0.39, 0.29) is 31.2 Å². The van der Waals surface area contributed by atoms with E-state index in [2.05, 4.69) is 15.6 Å². The maximum atomic E-state index is 13.9. The monoisotopic (exact) mass is 558 g/mol. The Bertz CT molecular complexity index is 1370. The SMILES string of the molecule is CCC(C)C(C(=O)N1C[C@H](O)C[C@H]1C(=O)NC(Cc1ccc(-c2ccccc2)cc1)C(N)=O)n1cc(C2CC2)nn1. The number of carbonyl (C=O) groups excluding carboxylic acids is 3. The highest BCUT2D eigenvalue weighted by Gasteiger charge is 2.44. The van der Waals surface area contributed by atoms with Gasteiger partial charge < -0.3 is 21.1 Å². The fraction of sp³-hybridized carbons (Fsp3) is 0.452. The topological polar surface area (TPSA) is 143 Å². The van der Waals surface area contributed by atoms with Crippen LogP contribution in [-0.4, -0.2) is 67.5 Å². The number of β-amino-alcohol motifs (C(OH)–C–C–N with tert-alkyl or cyclic N) is 1. The van der Waals surface area contributed by atoms with Gasteiger partial charge in [-0.1, -0.05) is 80.1 Å². The zero-order valence-electron chi connectivity index (χ0n) is 23.5. The number of benzene rings is 2. The number of likely N-dealkylation sites (tertiary alicyclic amines) is 1. The number of carbonyl (C=O) groups is 3. The molecule has 0 bridgehead atoms. The Balaban J connectivity index is 1.30. The molecule has 1 aromatic heterocycles. The normalized spacial score (nSPS) is 20.8. The molecule has 1 saturated heterocycles. The molecule has 3 unspecified atom stereocenters. The highest BCUT2D eigenvalue weighted by molar-refractivity contribution is 5.93. The van der Waals surface area contributed by atoms with Gasteiger partial charge in [0.2, 0.25) is 17.7 Å². The van der Waals surface area contributed by atoms with Crippen LogP contribution in [0.1, 0.15) is 62.7 Å². The highest BCUT2D eigenvalue weighted by Crippen LogP contribution is 2.39. The summed E-state index contributed by atoms with van der Waals surface area (Å²) in [6.45, 7) is 3.99. The molecule has 2 aliphatic rings. The number of nitrogens with one attached hydrogen (secondary N) is 1. The number of aliphatic hydroxyl groups excluding tert-OH is 1. The second kappa shape index (κ2) is 12.2. The number of nitrogens with zero attached hydrogens (tertiary/aromatic N) is 4. The minimum atomic E-state index is -0.971. The molecule has 5 atom stereocenters. The molecule has 2 heterocycles. The number of aliphatic hydroxyl groups is 1. The first kappa shape index (κ1) is 28.5. The van der Waals surface area contributed by atoms with Gasteiger partial charge in [-0.05, 0) is 35.4 Å². The minimum absolute atomic E-state index is 0.0240. The van der Waals surface area contributed by atoms with Gasteiger partial charge in [0.25, 0.3) is 0 Å². The van der Waals surface area contributed by atoms with E-state index >= 15 is 0 Å². The third-order valence-electron chi connectivity index (χ3n) is 8.27. The lowest BCUT2D eigenvalue weighted by molar-refractivity contribution is -0.143. The molecule has 4 N–H and O–H groups in total. The Labute approximate surface area is 239 Å². The number of hydrogen-bond donors (Lipinski definition) is 3. The largest absolute Gasteiger partial charge is 0.391 e. The molecule has 1 aliphatic heterocycles. The van der Waals surface area contributed by atoms with E-state index in [1.165, 1.54) is 4.90 Å². The Morgan fingerprint density at radius 3 is 2.39 bits per heavy atom. The number of amides is 3. The molecule has 5 rings (SSSR count). The van der Waals surface area contributed by atoms with Gasteiger partial charge in [0.05, 0.1) is 11.8 Å². The predicted molar refractivity (Wildman–Crippen MR) is 153 cm³/mol. The third-order valence-corrected chi connectivity index (χ3v) is 8.27. The Morgan fingerprint density at radius 1 is 1.07 bits per heavy atom. The fourth-order valence-electron chi connectivity index (χ4n) is 5.50. The van der Waals surface area contributed by atoms with Crippen LogP contribution < -0.4 is 11.1 Å². The van der Waals surface area contributed by atoms with Crippen LogP contribution in [0.2, 0.25) is 0 Å². The van der Waals surface area contributed by atoms with Crippen LogP contribution in [0.5, 0.6) is 0 Å². The van der Waals surface area contributed by atoms with E-state index in [0.29, 0.717) is 5.92 Å². The number of nitrogens with two attached hydrogens (primary N) is 1. The molecule has 10 nitrogen and oxygen atoms in total. The van der Waals surface area contributed by atoms with Crippen molar-refractivity contribution in [3.63, 3.8) is 0 Å². The number of primary amides is 1. The van der Waals surface area contributed by atoms with Crippen molar-refractivity contribution >= 4 is 17.7 Å². The minimum Gasteiger partial charge on any atom is -0.391 e. The van der Waals surface area contributed by atoms with Crippen LogP contribution in [0.3, 0.4) is 0 Å². The summed E-state index contributed by atoms with van der Waals surface area (Å²) >= 11 is 0. The van der Waals surface area contributed by atoms with E-state index in [0.717, 1.165) is 41.6 Å². The molecule has 3 aromatic rings. The Hall–Kier alpha value is -4.05. The van der Waals surface area contributed by atoms with E-state index in [4.69, 9.17) is 5.73 Å². The van der Waals surface area contributed by atoms with Crippen molar-refractivity contribution in [1.82, 2.24) is 25.2 Å². The van der Waals surface area contributed by atoms with Gasteiger partial charge in [-0.25, -0.2) is 4.68 Å². The summed E-state index contributed by atoms with van der Waals surface area (Å²) in [5.41, 5.74) is 9.51. The first-order valence-corrected chi connectivity index (χ1v) is 14.4. The molecular formula is C31H38N6O4. The molecule has 2 aromatic carbocycles. The molecule has 0 spiro atoms. The predicted octanol–water partition coefficient (Wildman–Crippen LogP) is 2.58. The molecule has 1 aliphatic carbocycles. The lowest BCUT2D eigenvalue weighted by Gasteiger charge is -2.31. The molecule has 2 fully saturated rings. The number of hydrogen-bond acceptors (Lipinski definition) is 6. The summed E-state index contributed by atoms with van der Waals surface area (Å²) in [5.74, 6) is -1.16. The van der Waals surface area contributed by atoms with Crippen LogP contribution in [0.4, 0.5) is 0 Å².